The first kappa shape index (κ1) is 12.7. The first-order chi connectivity index (χ1) is 9.76. The molecule has 0 bridgehead atoms. The Hall–Kier alpha value is -2.27. The molecule has 0 radical (unpaired) electrons. The van der Waals surface area contributed by atoms with E-state index in [-0.39, 0.29) is 6.79 Å². The van der Waals surface area contributed by atoms with Crippen LogP contribution in [0.25, 0.3) is 0 Å². The minimum atomic E-state index is 0.274. The molecule has 3 rings (SSSR count). The maximum atomic E-state index is 5.77. The molecule has 5 nitrogen and oxygen atoms in total. The highest BCUT2D eigenvalue weighted by Crippen LogP contribution is 2.32. The van der Waals surface area contributed by atoms with E-state index in [2.05, 4.69) is 4.98 Å². The van der Waals surface area contributed by atoms with Crippen molar-refractivity contribution in [3.8, 4) is 17.4 Å². The van der Waals surface area contributed by atoms with Crippen LogP contribution in [0.4, 0.5) is 0 Å². The molecule has 0 atom stereocenters. The zero-order valence-corrected chi connectivity index (χ0v) is 11.3. The lowest BCUT2D eigenvalue weighted by Crippen LogP contribution is -2.05. The van der Waals surface area contributed by atoms with Crippen molar-refractivity contribution in [3.05, 3.63) is 47.2 Å². The Labute approximate surface area is 117 Å². The van der Waals surface area contributed by atoms with Crippen LogP contribution in [0.5, 0.6) is 17.4 Å². The van der Waals surface area contributed by atoms with Crippen LogP contribution in [0, 0.1) is 6.92 Å². The number of aryl methyl sites for hydroxylation is 1. The van der Waals surface area contributed by atoms with E-state index >= 15 is 0 Å². The number of benzene rings is 1. The second kappa shape index (κ2) is 5.38. The molecule has 104 valence electrons. The molecule has 1 aromatic carbocycles. The molecule has 2 heterocycles. The van der Waals surface area contributed by atoms with Gasteiger partial charge in [0.2, 0.25) is 12.7 Å². The van der Waals surface area contributed by atoms with Gasteiger partial charge in [-0.3, -0.25) is 0 Å². The van der Waals surface area contributed by atoms with Gasteiger partial charge in [-0.15, -0.1) is 0 Å². The molecule has 0 saturated carbocycles. The molecule has 1 aromatic heterocycles. The number of nitrogens with two attached hydrogens (primary N) is 1. The molecule has 2 N–H and O–H groups in total. The van der Waals surface area contributed by atoms with E-state index in [0.717, 1.165) is 28.3 Å². The first-order valence-corrected chi connectivity index (χ1v) is 6.44. The van der Waals surface area contributed by atoms with Gasteiger partial charge in [-0.1, -0.05) is 12.1 Å². The average molecular weight is 272 g/mol. The first-order valence-electron chi connectivity index (χ1n) is 6.44. The molecule has 0 unspecified atom stereocenters. The van der Waals surface area contributed by atoms with Crippen LogP contribution in [0.3, 0.4) is 0 Å². The minimum absolute atomic E-state index is 0.274. The fourth-order valence-electron chi connectivity index (χ4n) is 2.02. The normalized spacial score (nSPS) is 12.5. The lowest BCUT2D eigenvalue weighted by atomic mass is 10.2. The zero-order valence-electron chi connectivity index (χ0n) is 11.3. The Balaban J connectivity index is 1.75. The monoisotopic (exact) mass is 272 g/mol. The van der Waals surface area contributed by atoms with Gasteiger partial charge in [-0.2, -0.15) is 0 Å². The van der Waals surface area contributed by atoms with Gasteiger partial charge in [-0.25, -0.2) is 4.98 Å². The summed E-state index contributed by atoms with van der Waals surface area (Å²) < 4.78 is 16.4. The van der Waals surface area contributed by atoms with E-state index in [1.54, 1.807) is 0 Å². The van der Waals surface area contributed by atoms with Gasteiger partial charge in [0.05, 0.1) is 0 Å². The third-order valence-electron chi connectivity index (χ3n) is 3.11. The van der Waals surface area contributed by atoms with Gasteiger partial charge in [0.1, 0.15) is 6.61 Å². The molecule has 0 aliphatic carbocycles. The fourth-order valence-corrected chi connectivity index (χ4v) is 2.02. The number of fused-ring (bicyclic) bond motifs is 1. The highest BCUT2D eigenvalue weighted by molar-refractivity contribution is 5.44. The van der Waals surface area contributed by atoms with Crippen molar-refractivity contribution in [2.45, 2.75) is 20.1 Å². The number of pyridine rings is 1. The van der Waals surface area contributed by atoms with E-state index in [4.69, 9.17) is 19.9 Å². The van der Waals surface area contributed by atoms with Crippen LogP contribution < -0.4 is 19.9 Å². The smallest absolute Gasteiger partial charge is 0.231 e. The van der Waals surface area contributed by atoms with Crippen LogP contribution in [-0.4, -0.2) is 11.8 Å². The summed E-state index contributed by atoms with van der Waals surface area (Å²) in [6, 6.07) is 9.62. The lowest BCUT2D eigenvalue weighted by Gasteiger charge is -2.10. The van der Waals surface area contributed by atoms with Gasteiger partial charge < -0.3 is 19.9 Å². The SMILES string of the molecule is Cc1ccc(CN)c(OCc2ccc3c(c2)OCO3)n1. The van der Waals surface area contributed by atoms with Crippen molar-refractivity contribution in [3.63, 3.8) is 0 Å². The molecule has 0 spiro atoms. The van der Waals surface area contributed by atoms with E-state index in [1.165, 1.54) is 0 Å². The summed E-state index contributed by atoms with van der Waals surface area (Å²) in [5, 5.41) is 0. The van der Waals surface area contributed by atoms with Gasteiger partial charge >= 0.3 is 0 Å². The van der Waals surface area contributed by atoms with Crippen molar-refractivity contribution >= 4 is 0 Å². The summed E-state index contributed by atoms with van der Waals surface area (Å²) in [7, 11) is 0. The summed E-state index contributed by atoms with van der Waals surface area (Å²) >= 11 is 0. The summed E-state index contributed by atoms with van der Waals surface area (Å²) in [5.74, 6) is 2.11. The number of hydrogen-bond acceptors (Lipinski definition) is 5. The van der Waals surface area contributed by atoms with E-state index in [1.807, 2.05) is 37.3 Å². The molecule has 0 amide bonds. The summed E-state index contributed by atoms with van der Waals surface area (Å²) in [4.78, 5) is 4.37. The Morgan fingerprint density at radius 2 is 2.05 bits per heavy atom. The van der Waals surface area contributed by atoms with Crippen LogP contribution in [0.15, 0.2) is 30.3 Å². The molecular weight excluding hydrogens is 256 g/mol. The Kier molecular flexibility index (Phi) is 3.43. The van der Waals surface area contributed by atoms with Crippen molar-refractivity contribution in [2.24, 2.45) is 5.73 Å². The van der Waals surface area contributed by atoms with Crippen molar-refractivity contribution < 1.29 is 14.2 Å². The zero-order chi connectivity index (χ0) is 13.9. The molecular formula is C15H16N2O3. The topological polar surface area (TPSA) is 66.6 Å². The number of aromatic nitrogens is 1. The van der Waals surface area contributed by atoms with Gasteiger partial charge in [0.15, 0.2) is 11.5 Å². The second-order valence-corrected chi connectivity index (χ2v) is 4.60. The number of hydrogen-bond donors (Lipinski definition) is 1. The standard InChI is InChI=1S/C15H16N2O3/c1-10-2-4-12(7-16)15(17-10)18-8-11-3-5-13-14(6-11)20-9-19-13/h2-6H,7-9,16H2,1H3. The molecule has 0 fully saturated rings. The van der Waals surface area contributed by atoms with Gasteiger partial charge in [0, 0.05) is 17.8 Å². The van der Waals surface area contributed by atoms with E-state index in [9.17, 15) is 0 Å². The molecule has 1 aliphatic heterocycles. The Bertz CT molecular complexity index is 629. The lowest BCUT2D eigenvalue weighted by molar-refractivity contribution is 0.174. The predicted octanol–water partition coefficient (Wildman–Crippen LogP) is 2.16. The molecule has 20 heavy (non-hydrogen) atoms. The molecule has 0 saturated heterocycles. The van der Waals surface area contributed by atoms with Crippen molar-refractivity contribution in [2.75, 3.05) is 6.79 Å². The largest absolute Gasteiger partial charge is 0.473 e. The predicted molar refractivity (Wildman–Crippen MR) is 73.8 cm³/mol. The second-order valence-electron chi connectivity index (χ2n) is 4.60. The quantitative estimate of drug-likeness (QED) is 0.923. The average Bonchev–Trinajstić information content (AvgIpc) is 2.92. The van der Waals surface area contributed by atoms with Crippen LogP contribution in [-0.2, 0) is 13.2 Å². The molecule has 1 aliphatic rings. The summed E-state index contributed by atoms with van der Waals surface area (Å²) in [6.07, 6.45) is 0. The van der Waals surface area contributed by atoms with Crippen molar-refractivity contribution in [1.29, 1.82) is 0 Å². The van der Waals surface area contributed by atoms with Crippen LogP contribution in [0.1, 0.15) is 16.8 Å². The van der Waals surface area contributed by atoms with Gasteiger partial charge in [0.25, 0.3) is 0 Å². The maximum Gasteiger partial charge on any atom is 0.231 e. The molecule has 5 heteroatoms. The van der Waals surface area contributed by atoms with Crippen molar-refractivity contribution in [1.82, 2.24) is 4.98 Å². The number of nitrogens with zero attached hydrogens (tertiary/aromatic N) is 1. The fraction of sp³-hybridized carbons (Fsp3) is 0.267. The third kappa shape index (κ3) is 2.53. The maximum absolute atomic E-state index is 5.77. The highest BCUT2D eigenvalue weighted by Gasteiger charge is 2.13. The van der Waals surface area contributed by atoms with E-state index < -0.39 is 0 Å². The van der Waals surface area contributed by atoms with Gasteiger partial charge in [-0.05, 0) is 30.7 Å². The number of rotatable bonds is 4. The third-order valence-corrected chi connectivity index (χ3v) is 3.11. The number of ether oxygens (including phenoxy) is 3. The highest BCUT2D eigenvalue weighted by atomic mass is 16.7. The Morgan fingerprint density at radius 1 is 1.20 bits per heavy atom. The summed E-state index contributed by atoms with van der Waals surface area (Å²) in [5.41, 5.74) is 8.49. The minimum Gasteiger partial charge on any atom is -0.473 e. The van der Waals surface area contributed by atoms with Crippen LogP contribution >= 0.6 is 0 Å². The summed E-state index contributed by atoms with van der Waals surface area (Å²) in [6.45, 7) is 3.02. The van der Waals surface area contributed by atoms with Crippen LogP contribution in [0.2, 0.25) is 0 Å². The molecule has 2 aromatic rings. The van der Waals surface area contributed by atoms with E-state index in [0.29, 0.717) is 19.0 Å². The Morgan fingerprint density at radius 3 is 2.90 bits per heavy atom.